The quantitative estimate of drug-likeness (QED) is 0.753. The van der Waals surface area contributed by atoms with Crippen molar-refractivity contribution in [1.82, 2.24) is 9.55 Å². The molecule has 1 aromatic heterocycles. The highest BCUT2D eigenvalue weighted by atomic mass is 35.5. The fourth-order valence-electron chi connectivity index (χ4n) is 2.31. The number of fused-ring (bicyclic) bond motifs is 1. The number of halogens is 1. The minimum atomic E-state index is -0.339. The van der Waals surface area contributed by atoms with Crippen molar-refractivity contribution in [2.24, 2.45) is 0 Å². The Morgan fingerprint density at radius 1 is 1.27 bits per heavy atom. The van der Waals surface area contributed by atoms with Gasteiger partial charge in [-0.15, -0.1) is 0 Å². The van der Waals surface area contributed by atoms with Crippen molar-refractivity contribution in [3.05, 3.63) is 63.5 Å². The molecule has 22 heavy (non-hydrogen) atoms. The van der Waals surface area contributed by atoms with Crippen molar-refractivity contribution in [1.29, 1.82) is 0 Å². The van der Waals surface area contributed by atoms with E-state index in [1.54, 1.807) is 42.5 Å². The molecule has 1 heterocycles. The van der Waals surface area contributed by atoms with Gasteiger partial charge in [0.25, 0.3) is 0 Å². The number of methoxy groups -OCH3 is 1. The van der Waals surface area contributed by atoms with E-state index in [1.807, 2.05) is 0 Å². The second kappa shape index (κ2) is 5.69. The second-order valence-electron chi connectivity index (χ2n) is 4.83. The molecule has 6 heteroatoms. The lowest BCUT2D eigenvalue weighted by atomic mass is 10.1. The van der Waals surface area contributed by atoms with Crippen LogP contribution in [0.3, 0.4) is 0 Å². The van der Waals surface area contributed by atoms with E-state index in [1.165, 1.54) is 11.7 Å². The zero-order chi connectivity index (χ0) is 15.7. The third-order valence-corrected chi connectivity index (χ3v) is 3.67. The maximum absolute atomic E-state index is 12.4. The molecule has 112 valence electrons. The van der Waals surface area contributed by atoms with Gasteiger partial charge in [0.1, 0.15) is 5.75 Å². The van der Waals surface area contributed by atoms with Gasteiger partial charge in [0.05, 0.1) is 24.7 Å². The molecule has 0 bridgehead atoms. The van der Waals surface area contributed by atoms with Gasteiger partial charge in [-0.2, -0.15) is 0 Å². The number of nitrogens with one attached hydrogen (secondary N) is 1. The van der Waals surface area contributed by atoms with Gasteiger partial charge >= 0.3 is 5.69 Å². The number of benzene rings is 2. The summed E-state index contributed by atoms with van der Waals surface area (Å²) in [6.45, 7) is -0.0632. The first-order valence-electron chi connectivity index (χ1n) is 6.64. The van der Waals surface area contributed by atoms with Crippen LogP contribution in [-0.2, 0) is 6.54 Å². The Kier molecular flexibility index (Phi) is 3.73. The summed E-state index contributed by atoms with van der Waals surface area (Å²) in [5, 5.41) is 0.508. The monoisotopic (exact) mass is 316 g/mol. The predicted molar refractivity (Wildman–Crippen MR) is 84.9 cm³/mol. The molecule has 0 aliphatic heterocycles. The number of rotatable bonds is 4. The number of ether oxygens (including phenoxy) is 1. The molecule has 5 nitrogen and oxygen atoms in total. The second-order valence-corrected chi connectivity index (χ2v) is 5.27. The van der Waals surface area contributed by atoms with Gasteiger partial charge in [-0.25, -0.2) is 4.79 Å². The Hall–Kier alpha value is -2.53. The highest BCUT2D eigenvalue weighted by Crippen LogP contribution is 2.18. The molecule has 0 saturated carbocycles. The molecule has 1 N–H and O–H groups in total. The maximum Gasteiger partial charge on any atom is 0.326 e. The summed E-state index contributed by atoms with van der Waals surface area (Å²) >= 11 is 5.96. The molecular formula is C16H13ClN2O3. The Morgan fingerprint density at radius 3 is 2.86 bits per heavy atom. The smallest absolute Gasteiger partial charge is 0.326 e. The van der Waals surface area contributed by atoms with Crippen LogP contribution in [0.25, 0.3) is 11.0 Å². The highest BCUT2D eigenvalue weighted by Gasteiger charge is 2.13. The topological polar surface area (TPSA) is 64.1 Å². The molecule has 0 amide bonds. The van der Waals surface area contributed by atoms with Crippen molar-refractivity contribution in [3.8, 4) is 5.75 Å². The standard InChI is InChI=1S/C16H13ClN2O3/c1-22-12-4-2-3-10(7-12)15(20)9-19-14-8-11(17)5-6-13(14)18-16(19)21/h2-8H,9H2,1H3,(H,18,21). The summed E-state index contributed by atoms with van der Waals surface area (Å²) in [6, 6.07) is 11.9. The van der Waals surface area contributed by atoms with Crippen molar-refractivity contribution in [3.63, 3.8) is 0 Å². The largest absolute Gasteiger partial charge is 0.497 e. The third-order valence-electron chi connectivity index (χ3n) is 3.43. The Labute approximate surface area is 131 Å². The number of hydrogen-bond donors (Lipinski definition) is 1. The van der Waals surface area contributed by atoms with E-state index < -0.39 is 0 Å². The number of Topliss-reactive ketones (excluding diaryl/α,β-unsaturated/α-hetero) is 1. The fraction of sp³-hybridized carbons (Fsp3) is 0.125. The molecule has 2 aromatic carbocycles. The highest BCUT2D eigenvalue weighted by molar-refractivity contribution is 6.31. The van der Waals surface area contributed by atoms with Crippen molar-refractivity contribution < 1.29 is 9.53 Å². The normalized spacial score (nSPS) is 10.8. The van der Waals surface area contributed by atoms with Gasteiger partial charge in [-0.05, 0) is 30.3 Å². The van der Waals surface area contributed by atoms with Crippen molar-refractivity contribution in [2.45, 2.75) is 6.54 Å². The van der Waals surface area contributed by atoms with Crippen LogP contribution >= 0.6 is 11.6 Å². The van der Waals surface area contributed by atoms with Crippen molar-refractivity contribution in [2.75, 3.05) is 7.11 Å². The summed E-state index contributed by atoms with van der Waals surface area (Å²) in [4.78, 5) is 27.1. The average Bonchev–Trinajstić information content (AvgIpc) is 2.83. The summed E-state index contributed by atoms with van der Waals surface area (Å²) in [5.41, 5.74) is 1.40. The number of imidazole rings is 1. The molecule has 0 unspecified atom stereocenters. The number of carbonyl (C=O) groups is 1. The van der Waals surface area contributed by atoms with Crippen LogP contribution in [0.2, 0.25) is 5.02 Å². The van der Waals surface area contributed by atoms with E-state index in [0.29, 0.717) is 27.4 Å². The molecule has 0 fully saturated rings. The van der Waals surface area contributed by atoms with Crippen LogP contribution in [-0.4, -0.2) is 22.4 Å². The number of aromatic amines is 1. The molecule has 0 saturated heterocycles. The number of hydrogen-bond acceptors (Lipinski definition) is 3. The molecule has 0 atom stereocenters. The zero-order valence-electron chi connectivity index (χ0n) is 11.8. The van der Waals surface area contributed by atoms with E-state index in [2.05, 4.69) is 4.98 Å². The first kappa shape index (κ1) is 14.4. The maximum atomic E-state index is 12.4. The Balaban J connectivity index is 1.99. The molecule has 3 rings (SSSR count). The van der Waals surface area contributed by atoms with Gasteiger partial charge in [0.2, 0.25) is 0 Å². The predicted octanol–water partition coefficient (Wildman–Crippen LogP) is 2.87. The molecule has 0 radical (unpaired) electrons. The van der Waals surface area contributed by atoms with Crippen LogP contribution in [0.1, 0.15) is 10.4 Å². The van der Waals surface area contributed by atoms with Crippen LogP contribution < -0.4 is 10.4 Å². The Bertz CT molecular complexity index is 911. The number of ketones is 1. The van der Waals surface area contributed by atoms with Gasteiger partial charge in [0, 0.05) is 10.6 Å². The van der Waals surface area contributed by atoms with Crippen LogP contribution in [0, 0.1) is 0 Å². The summed E-state index contributed by atoms with van der Waals surface area (Å²) < 4.78 is 6.48. The summed E-state index contributed by atoms with van der Waals surface area (Å²) in [6.07, 6.45) is 0. The number of nitrogens with zero attached hydrogens (tertiary/aromatic N) is 1. The van der Waals surface area contributed by atoms with E-state index >= 15 is 0 Å². The molecule has 0 spiro atoms. The van der Waals surface area contributed by atoms with E-state index in [-0.39, 0.29) is 18.0 Å². The average molecular weight is 317 g/mol. The summed E-state index contributed by atoms with van der Waals surface area (Å²) in [7, 11) is 1.54. The van der Waals surface area contributed by atoms with Crippen LogP contribution in [0.15, 0.2) is 47.3 Å². The number of carbonyl (C=O) groups excluding carboxylic acids is 1. The number of H-pyrrole nitrogens is 1. The Morgan fingerprint density at radius 2 is 2.09 bits per heavy atom. The zero-order valence-corrected chi connectivity index (χ0v) is 12.6. The first-order valence-corrected chi connectivity index (χ1v) is 7.01. The van der Waals surface area contributed by atoms with Gasteiger partial charge in [-0.1, -0.05) is 23.7 Å². The lowest BCUT2D eigenvalue weighted by molar-refractivity contribution is 0.0972. The fourth-order valence-corrected chi connectivity index (χ4v) is 2.48. The van der Waals surface area contributed by atoms with Crippen LogP contribution in [0.4, 0.5) is 0 Å². The van der Waals surface area contributed by atoms with Crippen molar-refractivity contribution >= 4 is 28.4 Å². The molecule has 0 aliphatic carbocycles. The van der Waals surface area contributed by atoms with E-state index in [0.717, 1.165) is 0 Å². The van der Waals surface area contributed by atoms with E-state index in [9.17, 15) is 9.59 Å². The molecule has 3 aromatic rings. The van der Waals surface area contributed by atoms with Gasteiger partial charge in [-0.3, -0.25) is 9.36 Å². The third kappa shape index (κ3) is 2.63. The van der Waals surface area contributed by atoms with Crippen LogP contribution in [0.5, 0.6) is 5.75 Å². The van der Waals surface area contributed by atoms with E-state index in [4.69, 9.17) is 16.3 Å². The number of aromatic nitrogens is 2. The minimum Gasteiger partial charge on any atom is -0.497 e. The lowest BCUT2D eigenvalue weighted by Gasteiger charge is -2.05. The SMILES string of the molecule is COc1cccc(C(=O)Cn2c(=O)[nH]c3ccc(Cl)cc32)c1. The van der Waals surface area contributed by atoms with Gasteiger partial charge in [0.15, 0.2) is 5.78 Å². The molecule has 0 aliphatic rings. The minimum absolute atomic E-state index is 0.0632. The van der Waals surface area contributed by atoms with Gasteiger partial charge < -0.3 is 9.72 Å². The lowest BCUT2D eigenvalue weighted by Crippen LogP contribution is -2.21. The summed E-state index contributed by atoms with van der Waals surface area (Å²) in [5.74, 6) is 0.419. The first-order chi connectivity index (χ1) is 10.6. The molecular weight excluding hydrogens is 304 g/mol.